The molecule has 0 aliphatic heterocycles. The van der Waals surface area contributed by atoms with Crippen molar-refractivity contribution in [1.29, 1.82) is 0 Å². The Balaban J connectivity index is 2.01. The Bertz CT molecular complexity index is 622. The van der Waals surface area contributed by atoms with Gasteiger partial charge < -0.3 is 5.73 Å². The summed E-state index contributed by atoms with van der Waals surface area (Å²) in [5.41, 5.74) is 10.3. The first-order valence-electron chi connectivity index (χ1n) is 7.22. The van der Waals surface area contributed by atoms with Gasteiger partial charge in [0.2, 0.25) is 0 Å². The van der Waals surface area contributed by atoms with E-state index in [0.29, 0.717) is 5.92 Å². The number of hydrogen-bond donors (Lipinski definition) is 1. The van der Waals surface area contributed by atoms with Crippen molar-refractivity contribution in [2.75, 3.05) is 0 Å². The molecule has 0 aromatic heterocycles. The molecule has 2 aromatic carbocycles. The zero-order chi connectivity index (χ0) is 14.2. The van der Waals surface area contributed by atoms with E-state index in [2.05, 4.69) is 37.3 Å². The molecule has 0 radical (unpaired) electrons. The Morgan fingerprint density at radius 1 is 1.15 bits per heavy atom. The molecular weight excluding hydrogens is 266 g/mol. The molecule has 0 heterocycles. The zero-order valence-electron chi connectivity index (χ0n) is 11.8. The molecule has 0 saturated heterocycles. The highest BCUT2D eigenvalue weighted by atomic mass is 35.5. The fraction of sp³-hybridized carbons (Fsp3) is 0.333. The minimum absolute atomic E-state index is 0.298. The van der Waals surface area contributed by atoms with Gasteiger partial charge in [0.05, 0.1) is 0 Å². The molecule has 1 aliphatic carbocycles. The van der Waals surface area contributed by atoms with Gasteiger partial charge in [0.1, 0.15) is 0 Å². The summed E-state index contributed by atoms with van der Waals surface area (Å²) < 4.78 is 0. The first-order valence-corrected chi connectivity index (χ1v) is 7.60. The molecule has 104 valence electrons. The predicted molar refractivity (Wildman–Crippen MR) is 85.1 cm³/mol. The van der Waals surface area contributed by atoms with Crippen molar-refractivity contribution >= 4 is 11.6 Å². The first-order chi connectivity index (χ1) is 9.60. The lowest BCUT2D eigenvalue weighted by Crippen LogP contribution is -2.42. The first kappa shape index (κ1) is 13.7. The van der Waals surface area contributed by atoms with Gasteiger partial charge in [-0.15, -0.1) is 0 Å². The maximum absolute atomic E-state index is 6.78. The van der Waals surface area contributed by atoms with Gasteiger partial charge in [-0.2, -0.15) is 0 Å². The Morgan fingerprint density at radius 2 is 1.85 bits per heavy atom. The van der Waals surface area contributed by atoms with Gasteiger partial charge in [-0.3, -0.25) is 0 Å². The highest BCUT2D eigenvalue weighted by Crippen LogP contribution is 2.42. The van der Waals surface area contributed by atoms with Gasteiger partial charge in [-0.1, -0.05) is 61.0 Å². The quantitative estimate of drug-likeness (QED) is 0.855. The summed E-state index contributed by atoms with van der Waals surface area (Å²) in [5.74, 6) is 0.592. The number of halogens is 1. The van der Waals surface area contributed by atoms with Crippen LogP contribution in [0.4, 0.5) is 0 Å². The average Bonchev–Trinajstić information content (AvgIpc) is 2.46. The molecule has 2 heteroatoms. The third-order valence-corrected chi connectivity index (χ3v) is 4.88. The lowest BCUT2D eigenvalue weighted by molar-refractivity contribution is 0.349. The summed E-state index contributed by atoms with van der Waals surface area (Å²) >= 11 is 6.31. The van der Waals surface area contributed by atoms with Crippen LogP contribution < -0.4 is 5.73 Å². The molecule has 0 amide bonds. The van der Waals surface area contributed by atoms with Crippen molar-refractivity contribution in [1.82, 2.24) is 0 Å². The molecule has 0 spiro atoms. The van der Waals surface area contributed by atoms with Gasteiger partial charge in [0, 0.05) is 10.6 Å². The minimum atomic E-state index is -0.298. The molecule has 1 nitrogen and oxygen atoms in total. The molecule has 0 bridgehead atoms. The van der Waals surface area contributed by atoms with Crippen LogP contribution in [0.3, 0.4) is 0 Å². The molecule has 0 saturated carbocycles. The average molecular weight is 286 g/mol. The van der Waals surface area contributed by atoms with E-state index in [1.807, 2.05) is 18.2 Å². The van der Waals surface area contributed by atoms with E-state index in [4.69, 9.17) is 17.3 Å². The number of nitrogens with two attached hydrogens (primary N) is 1. The number of benzene rings is 2. The topological polar surface area (TPSA) is 26.0 Å². The predicted octanol–water partition coefficient (Wildman–Crippen LogP) is 4.63. The molecule has 2 aromatic rings. The lowest BCUT2D eigenvalue weighted by atomic mass is 9.70. The minimum Gasteiger partial charge on any atom is -0.321 e. The fourth-order valence-corrected chi connectivity index (χ4v) is 3.51. The maximum Gasteiger partial charge on any atom is 0.0454 e. The highest BCUT2D eigenvalue weighted by Gasteiger charge is 2.35. The van der Waals surface area contributed by atoms with Crippen LogP contribution in [0.5, 0.6) is 0 Å². The summed E-state index contributed by atoms with van der Waals surface area (Å²) in [6.45, 7) is 2.29. The largest absolute Gasteiger partial charge is 0.321 e. The van der Waals surface area contributed by atoms with Crippen LogP contribution in [0.25, 0.3) is 0 Å². The van der Waals surface area contributed by atoms with Crippen LogP contribution >= 0.6 is 11.6 Å². The van der Waals surface area contributed by atoms with Crippen LogP contribution in [0.1, 0.15) is 42.4 Å². The summed E-state index contributed by atoms with van der Waals surface area (Å²) in [6, 6.07) is 16.6. The van der Waals surface area contributed by atoms with Gasteiger partial charge >= 0.3 is 0 Å². The number of rotatable bonds is 2. The van der Waals surface area contributed by atoms with Crippen molar-refractivity contribution in [3.8, 4) is 0 Å². The maximum atomic E-state index is 6.78. The lowest BCUT2D eigenvalue weighted by Gasteiger charge is -2.39. The van der Waals surface area contributed by atoms with Gasteiger partial charge in [-0.25, -0.2) is 0 Å². The summed E-state index contributed by atoms with van der Waals surface area (Å²) in [6.07, 6.45) is 2.95. The van der Waals surface area contributed by atoms with Gasteiger partial charge in [0.25, 0.3) is 0 Å². The van der Waals surface area contributed by atoms with E-state index >= 15 is 0 Å². The number of fused-ring (bicyclic) bond motifs is 1. The van der Waals surface area contributed by atoms with Crippen LogP contribution in [-0.2, 0) is 12.0 Å². The van der Waals surface area contributed by atoms with E-state index in [0.717, 1.165) is 29.8 Å². The van der Waals surface area contributed by atoms with Crippen molar-refractivity contribution in [2.45, 2.75) is 37.6 Å². The van der Waals surface area contributed by atoms with Gasteiger partial charge in [-0.05, 0) is 47.9 Å². The Kier molecular flexibility index (Phi) is 3.57. The Morgan fingerprint density at radius 3 is 2.65 bits per heavy atom. The smallest absolute Gasteiger partial charge is 0.0454 e. The van der Waals surface area contributed by atoms with Crippen molar-refractivity contribution in [3.63, 3.8) is 0 Å². The molecule has 2 unspecified atom stereocenters. The molecule has 2 N–H and O–H groups in total. The van der Waals surface area contributed by atoms with E-state index in [9.17, 15) is 0 Å². The number of hydrogen-bond acceptors (Lipinski definition) is 1. The zero-order valence-corrected chi connectivity index (χ0v) is 12.5. The van der Waals surface area contributed by atoms with E-state index in [1.165, 1.54) is 11.1 Å². The fourth-order valence-electron chi connectivity index (χ4n) is 3.31. The third kappa shape index (κ3) is 2.36. The molecule has 2 atom stereocenters. The second-order valence-corrected chi connectivity index (χ2v) is 6.36. The molecule has 1 aliphatic rings. The Labute approximate surface area is 125 Å². The standard InChI is InChI=1S/C18H20ClN/c1-13-10-11-18(20,16-8-4-3-7-15(13)16)12-14-6-2-5-9-17(14)19/h2-9,13H,10-12,20H2,1H3. The Hall–Kier alpha value is -1.31. The summed E-state index contributed by atoms with van der Waals surface area (Å²) in [4.78, 5) is 0. The van der Waals surface area contributed by atoms with Crippen LogP contribution in [0, 0.1) is 0 Å². The van der Waals surface area contributed by atoms with Crippen LogP contribution in [0.15, 0.2) is 48.5 Å². The van der Waals surface area contributed by atoms with Gasteiger partial charge in [0.15, 0.2) is 0 Å². The van der Waals surface area contributed by atoms with Crippen LogP contribution in [0.2, 0.25) is 5.02 Å². The third-order valence-electron chi connectivity index (χ3n) is 4.52. The molecule has 3 rings (SSSR count). The molecular formula is C18H20ClN. The highest BCUT2D eigenvalue weighted by molar-refractivity contribution is 6.31. The van der Waals surface area contributed by atoms with E-state index < -0.39 is 0 Å². The van der Waals surface area contributed by atoms with E-state index in [-0.39, 0.29) is 5.54 Å². The summed E-state index contributed by atoms with van der Waals surface area (Å²) in [5, 5.41) is 0.813. The monoisotopic (exact) mass is 285 g/mol. The molecule has 20 heavy (non-hydrogen) atoms. The second-order valence-electron chi connectivity index (χ2n) is 5.95. The molecule has 0 fully saturated rings. The van der Waals surface area contributed by atoms with Crippen molar-refractivity contribution < 1.29 is 0 Å². The second kappa shape index (κ2) is 5.23. The summed E-state index contributed by atoms with van der Waals surface area (Å²) in [7, 11) is 0. The van der Waals surface area contributed by atoms with Crippen molar-refractivity contribution in [2.24, 2.45) is 5.73 Å². The SMILES string of the molecule is CC1CCC(N)(Cc2ccccc2Cl)c2ccccc21. The van der Waals surface area contributed by atoms with E-state index in [1.54, 1.807) is 0 Å². The van der Waals surface area contributed by atoms with Crippen LogP contribution in [-0.4, -0.2) is 0 Å². The normalized spacial score (nSPS) is 25.2. The van der Waals surface area contributed by atoms with Crippen molar-refractivity contribution in [3.05, 3.63) is 70.2 Å².